The Morgan fingerprint density at radius 3 is 2.22 bits per heavy atom. The molecule has 0 heterocycles. The fourth-order valence-corrected chi connectivity index (χ4v) is 3.91. The molecule has 0 aromatic heterocycles. The second-order valence-corrected chi connectivity index (χ2v) is 8.93. The molecule has 2 aromatic rings. The van der Waals surface area contributed by atoms with Crippen molar-refractivity contribution in [2.24, 2.45) is 5.73 Å². The molecule has 0 bridgehead atoms. The summed E-state index contributed by atoms with van der Waals surface area (Å²) in [6.07, 6.45) is -1.11. The van der Waals surface area contributed by atoms with Crippen molar-refractivity contribution in [2.45, 2.75) is 25.4 Å². The standard InChI is InChI=1S/C21H23N5O10S/c22-21(23)25-13-4-1-11(2-5-13)20(33)36-14-6-3-12(15(9-14)18(29)30)10-24-37(34,35)26-16(19(31)32)7-8-17(27)28/h1-6,9,16,24,26H,7-8,10H2,(H,27,28)(H,29,30)(H,31,32)(H4,22,23,25)/t16-/m0/s1. The van der Waals surface area contributed by atoms with Crippen molar-refractivity contribution < 1.29 is 47.7 Å². The maximum Gasteiger partial charge on any atom is 0.343 e. The number of hydrogen-bond donors (Lipinski definition) is 8. The zero-order valence-electron chi connectivity index (χ0n) is 18.9. The summed E-state index contributed by atoms with van der Waals surface area (Å²) in [6.45, 7) is -0.568. The van der Waals surface area contributed by atoms with E-state index in [9.17, 15) is 32.7 Å². The van der Waals surface area contributed by atoms with Gasteiger partial charge in [0.05, 0.1) is 11.1 Å². The molecule has 0 radical (unpaired) electrons. The van der Waals surface area contributed by atoms with Crippen molar-refractivity contribution in [1.29, 1.82) is 5.41 Å². The molecular formula is C21H23N5O10S. The molecule has 37 heavy (non-hydrogen) atoms. The lowest BCUT2D eigenvalue weighted by atomic mass is 10.1. The topological polar surface area (TPSA) is 258 Å². The number of anilines is 1. The molecule has 0 amide bonds. The van der Waals surface area contributed by atoms with E-state index in [1.54, 1.807) is 4.72 Å². The highest BCUT2D eigenvalue weighted by Crippen LogP contribution is 2.20. The number of rotatable bonds is 13. The molecule has 0 saturated carbocycles. The fourth-order valence-electron chi connectivity index (χ4n) is 2.89. The molecule has 1 atom stereocenters. The number of nitrogens with one attached hydrogen (secondary N) is 4. The second kappa shape index (κ2) is 12.4. The van der Waals surface area contributed by atoms with Crippen LogP contribution >= 0.6 is 0 Å². The van der Waals surface area contributed by atoms with Crippen molar-refractivity contribution in [3.8, 4) is 5.75 Å². The predicted octanol–water partition coefficient (Wildman–Crippen LogP) is 0.151. The molecule has 0 fully saturated rings. The minimum atomic E-state index is -4.47. The molecule has 0 unspecified atom stereocenters. The van der Waals surface area contributed by atoms with Crippen LogP contribution in [-0.4, -0.2) is 59.6 Å². The van der Waals surface area contributed by atoms with Crippen LogP contribution in [0.25, 0.3) is 0 Å². The Labute approximate surface area is 209 Å². The van der Waals surface area contributed by atoms with E-state index in [1.165, 1.54) is 36.4 Å². The highest BCUT2D eigenvalue weighted by Gasteiger charge is 2.25. The summed E-state index contributed by atoms with van der Waals surface area (Å²) in [5, 5.41) is 37.0. The van der Waals surface area contributed by atoms with Gasteiger partial charge in [0.15, 0.2) is 5.96 Å². The third-order valence-electron chi connectivity index (χ3n) is 4.62. The lowest BCUT2D eigenvalue weighted by Crippen LogP contribution is -2.46. The van der Waals surface area contributed by atoms with Crippen LogP contribution in [0.2, 0.25) is 0 Å². The average molecular weight is 538 g/mol. The zero-order chi connectivity index (χ0) is 27.8. The van der Waals surface area contributed by atoms with Crippen molar-refractivity contribution in [3.05, 3.63) is 59.2 Å². The van der Waals surface area contributed by atoms with Crippen LogP contribution in [0, 0.1) is 5.41 Å². The number of carboxylic acid groups (broad SMARTS) is 3. The molecule has 16 heteroatoms. The summed E-state index contributed by atoms with van der Waals surface area (Å²) in [5.41, 5.74) is 5.37. The van der Waals surface area contributed by atoms with Crippen LogP contribution in [0.5, 0.6) is 5.75 Å². The number of carbonyl (C=O) groups excluding carboxylic acids is 1. The van der Waals surface area contributed by atoms with Crippen LogP contribution in [0.1, 0.15) is 39.1 Å². The van der Waals surface area contributed by atoms with Gasteiger partial charge in [0.25, 0.3) is 10.2 Å². The molecular weight excluding hydrogens is 514 g/mol. The number of aliphatic carboxylic acids is 2. The normalized spacial score (nSPS) is 11.8. The van der Waals surface area contributed by atoms with Crippen LogP contribution < -0.4 is 25.2 Å². The average Bonchev–Trinajstić information content (AvgIpc) is 2.80. The summed E-state index contributed by atoms with van der Waals surface area (Å²) in [6, 6.07) is 7.46. The van der Waals surface area contributed by atoms with Crippen molar-refractivity contribution >= 4 is 45.7 Å². The van der Waals surface area contributed by atoms with E-state index in [-0.39, 0.29) is 22.8 Å². The molecule has 0 aliphatic rings. The van der Waals surface area contributed by atoms with Crippen LogP contribution in [-0.2, 0) is 26.3 Å². The second-order valence-electron chi connectivity index (χ2n) is 7.40. The van der Waals surface area contributed by atoms with Crippen molar-refractivity contribution in [3.63, 3.8) is 0 Å². The molecule has 9 N–H and O–H groups in total. The lowest BCUT2D eigenvalue weighted by Gasteiger charge is -2.15. The van der Waals surface area contributed by atoms with Gasteiger partial charge in [0.2, 0.25) is 0 Å². The largest absolute Gasteiger partial charge is 0.481 e. The first-order valence-corrected chi connectivity index (χ1v) is 11.8. The van der Waals surface area contributed by atoms with Crippen LogP contribution in [0.3, 0.4) is 0 Å². The quantitative estimate of drug-likeness (QED) is 0.0735. The number of esters is 1. The predicted molar refractivity (Wildman–Crippen MR) is 128 cm³/mol. The molecule has 2 aromatic carbocycles. The van der Waals surface area contributed by atoms with E-state index in [2.05, 4.69) is 5.32 Å². The molecule has 2 rings (SSSR count). The van der Waals surface area contributed by atoms with E-state index in [1.807, 2.05) is 4.72 Å². The van der Waals surface area contributed by atoms with E-state index in [4.69, 9.17) is 26.1 Å². The molecule has 15 nitrogen and oxygen atoms in total. The van der Waals surface area contributed by atoms with E-state index >= 15 is 0 Å². The Morgan fingerprint density at radius 2 is 1.68 bits per heavy atom. The third-order valence-corrected chi connectivity index (χ3v) is 5.74. The first-order valence-electron chi connectivity index (χ1n) is 10.3. The highest BCUT2D eigenvalue weighted by atomic mass is 32.2. The van der Waals surface area contributed by atoms with Gasteiger partial charge in [-0.3, -0.25) is 15.0 Å². The first kappa shape index (κ1) is 28.7. The van der Waals surface area contributed by atoms with Gasteiger partial charge in [0, 0.05) is 18.7 Å². The summed E-state index contributed by atoms with van der Waals surface area (Å²) in [7, 11) is -4.47. The Kier molecular flexibility index (Phi) is 9.64. The molecule has 0 aliphatic carbocycles. The zero-order valence-corrected chi connectivity index (χ0v) is 19.7. The summed E-state index contributed by atoms with van der Waals surface area (Å²) >= 11 is 0. The Hall–Kier alpha value is -4.54. The van der Waals surface area contributed by atoms with E-state index < -0.39 is 65.1 Å². The van der Waals surface area contributed by atoms with Gasteiger partial charge in [-0.25, -0.2) is 9.59 Å². The number of hydrogen-bond acceptors (Lipinski definition) is 8. The first-order chi connectivity index (χ1) is 17.3. The van der Waals surface area contributed by atoms with Crippen LogP contribution in [0.15, 0.2) is 42.5 Å². The maximum atomic E-state index is 12.4. The third kappa shape index (κ3) is 9.21. The number of nitrogens with two attached hydrogens (primary N) is 1. The number of ether oxygens (including phenoxy) is 1. The van der Waals surface area contributed by atoms with Gasteiger partial charge in [-0.15, -0.1) is 0 Å². The maximum absolute atomic E-state index is 12.4. The Morgan fingerprint density at radius 1 is 1.03 bits per heavy atom. The highest BCUT2D eigenvalue weighted by molar-refractivity contribution is 7.87. The van der Waals surface area contributed by atoms with Crippen molar-refractivity contribution in [1.82, 2.24) is 9.44 Å². The fraction of sp³-hybridized carbons (Fsp3) is 0.190. The Bertz CT molecular complexity index is 1310. The minimum Gasteiger partial charge on any atom is -0.481 e. The lowest BCUT2D eigenvalue weighted by molar-refractivity contribution is -0.140. The molecule has 0 aliphatic heterocycles. The van der Waals surface area contributed by atoms with Crippen LogP contribution in [0.4, 0.5) is 5.69 Å². The summed E-state index contributed by atoms with van der Waals surface area (Å²) in [5.74, 6) is -5.61. The monoisotopic (exact) mass is 537 g/mol. The van der Waals surface area contributed by atoms with Gasteiger partial charge in [-0.05, 0) is 48.4 Å². The molecule has 198 valence electrons. The molecule has 0 saturated heterocycles. The van der Waals surface area contributed by atoms with Gasteiger partial charge >= 0.3 is 23.9 Å². The smallest absolute Gasteiger partial charge is 0.343 e. The summed E-state index contributed by atoms with van der Waals surface area (Å²) in [4.78, 5) is 45.9. The Balaban J connectivity index is 2.11. The van der Waals surface area contributed by atoms with E-state index in [0.29, 0.717) is 5.69 Å². The van der Waals surface area contributed by atoms with E-state index in [0.717, 1.165) is 6.07 Å². The number of guanidine groups is 1. The van der Waals surface area contributed by atoms with Gasteiger partial charge in [-0.2, -0.15) is 17.9 Å². The molecule has 0 spiro atoms. The number of aromatic carboxylic acids is 1. The number of benzene rings is 2. The number of carbonyl (C=O) groups is 4. The summed E-state index contributed by atoms with van der Waals surface area (Å²) < 4.78 is 33.4. The number of carboxylic acids is 3. The minimum absolute atomic E-state index is 0.0326. The SMILES string of the molecule is N=C(N)Nc1ccc(C(=O)Oc2ccc(CNS(=O)(=O)N[C@@H](CCC(=O)O)C(=O)O)c(C(=O)O)c2)cc1. The van der Waals surface area contributed by atoms with Gasteiger partial charge in [-0.1, -0.05) is 6.07 Å². The van der Waals surface area contributed by atoms with Gasteiger partial charge in [0.1, 0.15) is 11.8 Å². The van der Waals surface area contributed by atoms with Crippen molar-refractivity contribution in [2.75, 3.05) is 5.32 Å². The van der Waals surface area contributed by atoms with Gasteiger partial charge < -0.3 is 31.1 Å².